The Morgan fingerprint density at radius 1 is 1.32 bits per heavy atom. The van der Waals surface area contributed by atoms with Crippen molar-refractivity contribution in [3.8, 4) is 0 Å². The van der Waals surface area contributed by atoms with Gasteiger partial charge in [0, 0.05) is 25.2 Å². The van der Waals surface area contributed by atoms with Gasteiger partial charge in [-0.2, -0.15) is 0 Å². The van der Waals surface area contributed by atoms with Crippen molar-refractivity contribution in [1.29, 1.82) is 0 Å². The Bertz CT molecular complexity index is 690. The highest BCUT2D eigenvalue weighted by atomic mass is 35.5. The highest BCUT2D eigenvalue weighted by Gasteiger charge is 2.37. The number of anilines is 1. The molecule has 2 rings (SSSR count). The van der Waals surface area contributed by atoms with Gasteiger partial charge in [-0.15, -0.1) is 0 Å². The van der Waals surface area contributed by atoms with E-state index >= 15 is 0 Å². The summed E-state index contributed by atoms with van der Waals surface area (Å²) in [4.78, 5) is 37.4. The van der Waals surface area contributed by atoms with E-state index in [1.165, 1.54) is 4.90 Å². The van der Waals surface area contributed by atoms with Gasteiger partial charge in [0.05, 0.1) is 16.5 Å². The molecule has 0 bridgehead atoms. The van der Waals surface area contributed by atoms with E-state index in [1.54, 1.807) is 18.2 Å². The molecule has 1 aliphatic heterocycles. The van der Waals surface area contributed by atoms with Crippen molar-refractivity contribution in [3.63, 3.8) is 0 Å². The molecule has 1 saturated heterocycles. The van der Waals surface area contributed by atoms with Gasteiger partial charge >= 0.3 is 5.97 Å². The van der Waals surface area contributed by atoms with Crippen LogP contribution in [0.5, 0.6) is 0 Å². The number of nitrogens with zero attached hydrogens (tertiary/aromatic N) is 1. The summed E-state index contributed by atoms with van der Waals surface area (Å²) in [5, 5.41) is 12.2. The zero-order chi connectivity index (χ0) is 18.7. The molecule has 0 aliphatic carbocycles. The number of carboxylic acid groups (broad SMARTS) is 1. The number of carbonyl (C=O) groups excluding carboxylic acids is 2. The maximum absolute atomic E-state index is 12.7. The van der Waals surface area contributed by atoms with E-state index in [0.29, 0.717) is 18.7 Å². The number of hydrogen-bond donors (Lipinski definition) is 2. The topological polar surface area (TPSA) is 86.7 Å². The summed E-state index contributed by atoms with van der Waals surface area (Å²) in [7, 11) is 0. The molecule has 136 valence electrons. The third-order valence-corrected chi connectivity index (χ3v) is 4.62. The lowest BCUT2D eigenvalue weighted by molar-refractivity contribution is -0.142. The predicted octanol–water partition coefficient (Wildman–Crippen LogP) is 3.12. The first-order chi connectivity index (χ1) is 11.7. The fraction of sp³-hybridized carbons (Fsp3) is 0.500. The van der Waals surface area contributed by atoms with Crippen molar-refractivity contribution in [3.05, 3.63) is 28.8 Å². The third-order valence-electron chi connectivity index (χ3n) is 4.29. The lowest BCUT2D eigenvalue weighted by Crippen LogP contribution is -2.30. The number of halogens is 1. The van der Waals surface area contributed by atoms with E-state index in [-0.39, 0.29) is 40.8 Å². The summed E-state index contributed by atoms with van der Waals surface area (Å²) in [5.41, 5.74) is 0.766. The summed E-state index contributed by atoms with van der Waals surface area (Å²) >= 11 is 6.15. The maximum atomic E-state index is 12.7. The number of nitrogens with one attached hydrogen (secondary N) is 1. The zero-order valence-electron chi connectivity index (χ0n) is 14.6. The summed E-state index contributed by atoms with van der Waals surface area (Å²) in [6.07, 6.45) is 0.385. The fourth-order valence-electron chi connectivity index (χ4n) is 2.97. The van der Waals surface area contributed by atoms with Crippen molar-refractivity contribution in [2.24, 2.45) is 17.8 Å². The summed E-state index contributed by atoms with van der Waals surface area (Å²) in [6, 6.07) is 4.75. The van der Waals surface area contributed by atoms with Gasteiger partial charge in [-0.25, -0.2) is 0 Å². The average molecular weight is 367 g/mol. The second-order valence-corrected chi connectivity index (χ2v) is 7.38. The first-order valence-corrected chi connectivity index (χ1v) is 8.68. The molecule has 0 unspecified atom stereocenters. The molecule has 7 heteroatoms. The molecule has 1 aliphatic rings. The van der Waals surface area contributed by atoms with Crippen molar-refractivity contribution in [1.82, 2.24) is 4.90 Å². The van der Waals surface area contributed by atoms with Crippen LogP contribution in [0.2, 0.25) is 5.02 Å². The van der Waals surface area contributed by atoms with Gasteiger partial charge in [-0.05, 0) is 30.0 Å². The minimum absolute atomic E-state index is 0.117. The molecule has 1 heterocycles. The second kappa shape index (κ2) is 7.87. The molecule has 0 radical (unpaired) electrons. The lowest BCUT2D eigenvalue weighted by atomic mass is 9.99. The van der Waals surface area contributed by atoms with Crippen molar-refractivity contribution < 1.29 is 19.5 Å². The quantitative estimate of drug-likeness (QED) is 0.838. The molecule has 25 heavy (non-hydrogen) atoms. The SMILES string of the molecule is CC(C)CC(=O)Nc1ccc(Cl)c(C(=O)N2C[C@@H](C)[C@H](C(=O)O)C2)c1. The largest absolute Gasteiger partial charge is 0.481 e. The van der Waals surface area contributed by atoms with Crippen LogP contribution >= 0.6 is 11.6 Å². The standard InChI is InChI=1S/C18H23ClN2O4/c1-10(2)6-16(22)20-12-4-5-15(19)13(7-12)17(23)21-8-11(3)14(9-21)18(24)25/h4-5,7,10-11,14H,6,8-9H2,1-3H3,(H,20,22)(H,24,25)/t11-,14-/m1/s1. The molecule has 2 N–H and O–H groups in total. The summed E-state index contributed by atoms with van der Waals surface area (Å²) in [6.45, 7) is 6.25. The third kappa shape index (κ3) is 4.72. The van der Waals surface area contributed by atoms with Crippen LogP contribution in [0.1, 0.15) is 37.6 Å². The van der Waals surface area contributed by atoms with E-state index in [0.717, 1.165) is 0 Å². The highest BCUT2D eigenvalue weighted by molar-refractivity contribution is 6.34. The van der Waals surface area contributed by atoms with Crippen molar-refractivity contribution >= 4 is 35.1 Å². The van der Waals surface area contributed by atoms with Crippen LogP contribution < -0.4 is 5.32 Å². The number of benzene rings is 1. The normalized spacial score (nSPS) is 20.0. The smallest absolute Gasteiger partial charge is 0.308 e. The molecule has 1 aromatic rings. The van der Waals surface area contributed by atoms with Crippen LogP contribution in [0.25, 0.3) is 0 Å². The van der Waals surface area contributed by atoms with Crippen molar-refractivity contribution in [2.75, 3.05) is 18.4 Å². The molecule has 1 fully saturated rings. The van der Waals surface area contributed by atoms with E-state index in [2.05, 4.69) is 5.32 Å². The van der Waals surface area contributed by atoms with Gasteiger partial charge in [0.15, 0.2) is 0 Å². The lowest BCUT2D eigenvalue weighted by Gasteiger charge is -2.17. The van der Waals surface area contributed by atoms with Crippen LogP contribution in [-0.2, 0) is 9.59 Å². The number of likely N-dealkylation sites (tertiary alicyclic amines) is 1. The fourth-order valence-corrected chi connectivity index (χ4v) is 3.17. The van der Waals surface area contributed by atoms with Gasteiger partial charge in [-0.1, -0.05) is 32.4 Å². The zero-order valence-corrected chi connectivity index (χ0v) is 15.3. The molecule has 0 saturated carbocycles. The number of hydrogen-bond acceptors (Lipinski definition) is 3. The molecule has 2 atom stereocenters. The molecule has 0 spiro atoms. The monoisotopic (exact) mass is 366 g/mol. The van der Waals surface area contributed by atoms with Gasteiger partial charge in [0.1, 0.15) is 0 Å². The number of rotatable bonds is 5. The van der Waals surface area contributed by atoms with Crippen LogP contribution in [0.3, 0.4) is 0 Å². The summed E-state index contributed by atoms with van der Waals surface area (Å²) < 4.78 is 0. The van der Waals surface area contributed by atoms with Gasteiger partial charge < -0.3 is 15.3 Å². The van der Waals surface area contributed by atoms with Gasteiger partial charge in [-0.3, -0.25) is 14.4 Å². The second-order valence-electron chi connectivity index (χ2n) is 6.97. The predicted molar refractivity (Wildman–Crippen MR) is 95.7 cm³/mol. The van der Waals surface area contributed by atoms with Crippen molar-refractivity contribution in [2.45, 2.75) is 27.2 Å². The molecule has 0 aromatic heterocycles. The van der Waals surface area contributed by atoms with Crippen LogP contribution in [0.15, 0.2) is 18.2 Å². The first kappa shape index (κ1) is 19.2. The highest BCUT2D eigenvalue weighted by Crippen LogP contribution is 2.28. The molecule has 6 nitrogen and oxygen atoms in total. The Balaban J connectivity index is 2.16. The van der Waals surface area contributed by atoms with Crippen LogP contribution in [0, 0.1) is 17.8 Å². The molecule has 1 aromatic carbocycles. The van der Waals surface area contributed by atoms with Gasteiger partial charge in [0.2, 0.25) is 5.91 Å². The van der Waals surface area contributed by atoms with Crippen LogP contribution in [-0.4, -0.2) is 40.9 Å². The number of aliphatic carboxylic acids is 1. The first-order valence-electron chi connectivity index (χ1n) is 8.30. The number of amides is 2. The van der Waals surface area contributed by atoms with Crippen LogP contribution in [0.4, 0.5) is 5.69 Å². The van der Waals surface area contributed by atoms with Gasteiger partial charge in [0.25, 0.3) is 5.91 Å². The molecular weight excluding hydrogens is 344 g/mol. The van der Waals surface area contributed by atoms with E-state index < -0.39 is 11.9 Å². The van der Waals surface area contributed by atoms with E-state index in [9.17, 15) is 19.5 Å². The minimum Gasteiger partial charge on any atom is -0.481 e. The Morgan fingerprint density at radius 2 is 2.00 bits per heavy atom. The Labute approximate surface area is 152 Å². The molecular formula is C18H23ClN2O4. The maximum Gasteiger partial charge on any atom is 0.308 e. The Kier molecular flexibility index (Phi) is 6.06. The number of carboxylic acids is 1. The molecule has 2 amide bonds. The Morgan fingerprint density at radius 3 is 2.56 bits per heavy atom. The minimum atomic E-state index is -0.899. The number of carbonyl (C=O) groups is 3. The van der Waals surface area contributed by atoms with E-state index in [1.807, 2.05) is 20.8 Å². The average Bonchev–Trinajstić information content (AvgIpc) is 2.90. The summed E-state index contributed by atoms with van der Waals surface area (Å²) in [5.74, 6) is -1.81. The van der Waals surface area contributed by atoms with E-state index in [4.69, 9.17) is 11.6 Å². The Hall–Kier alpha value is -2.08.